The third kappa shape index (κ3) is 15.9. The molecule has 1 aliphatic heterocycles. The maximum atomic E-state index is 15.0. The van der Waals surface area contributed by atoms with Crippen LogP contribution in [-0.2, 0) is 102 Å². The lowest BCUT2D eigenvalue weighted by Gasteiger charge is -2.46. The van der Waals surface area contributed by atoms with Gasteiger partial charge in [0.05, 0.1) is 34.1 Å². The number of methoxy groups -OCH3 is 1. The number of rotatable bonds is 26. The molecule has 0 saturated carbocycles. The van der Waals surface area contributed by atoms with Crippen molar-refractivity contribution in [3.05, 3.63) is 97.0 Å². The maximum absolute atomic E-state index is 15.0. The zero-order valence-electron chi connectivity index (χ0n) is 49.0. The zero-order chi connectivity index (χ0) is 64.2. The molecule has 1 atom stereocenters. The minimum Gasteiger partial charge on any atom is -0.493 e. The molecule has 87 heavy (non-hydrogen) atoms. The van der Waals surface area contributed by atoms with Crippen LogP contribution in [0.3, 0.4) is 0 Å². The average Bonchev–Trinajstić information content (AvgIpc) is 1.67. The van der Waals surface area contributed by atoms with Gasteiger partial charge in [-0.05, 0) is 72.5 Å². The molecule has 1 unspecified atom stereocenters. The topological polar surface area (TPSA) is 323 Å². The molecule has 29 heteroatoms. The highest BCUT2D eigenvalue weighted by Gasteiger charge is 2.59. The Morgan fingerprint density at radius 1 is 0.494 bits per heavy atom. The third-order valence-corrected chi connectivity index (χ3v) is 13.6. The van der Waals surface area contributed by atoms with Gasteiger partial charge in [-0.2, -0.15) is 0 Å². The van der Waals surface area contributed by atoms with E-state index in [0.29, 0.717) is 11.1 Å². The van der Waals surface area contributed by atoms with Crippen LogP contribution in [0.2, 0.25) is 10.0 Å². The molecule has 1 aliphatic carbocycles. The Labute approximate surface area is 506 Å². The SMILES string of the molecule is COc1cc2c(c(Cl)c1OC(C)=O)C(C)(C)c1c(cc(C)c(OC(C)=O)c1Cl)C21OC(=O)c2cc(N(CC(=O)OCOC(C)=O)CC(=O)OCOC(C)=O)c(OCCOc3cc(C)ccc3N(CC(=O)OCOC(C)=O)CC(=O)OCOC(C)=O)cc21. The fourth-order valence-electron chi connectivity index (χ4n) is 9.39. The first-order chi connectivity index (χ1) is 41.0. The minimum atomic E-state index is -2.12. The van der Waals surface area contributed by atoms with E-state index in [1.165, 1.54) is 43.2 Å². The summed E-state index contributed by atoms with van der Waals surface area (Å²) >= 11 is 14.7. The van der Waals surface area contributed by atoms with Crippen molar-refractivity contribution in [1.82, 2.24) is 0 Å². The number of nitrogens with zero attached hydrogens (tertiary/aromatic N) is 2. The molecule has 2 aliphatic rings. The van der Waals surface area contributed by atoms with Crippen LogP contribution in [-0.4, -0.2) is 139 Å². The predicted octanol–water partition coefficient (Wildman–Crippen LogP) is 5.90. The van der Waals surface area contributed by atoms with E-state index < -0.39 is 137 Å². The second kappa shape index (κ2) is 28.7. The van der Waals surface area contributed by atoms with Crippen molar-refractivity contribution >= 4 is 100 Å². The lowest BCUT2D eigenvalue weighted by molar-refractivity contribution is -0.167. The minimum absolute atomic E-state index is 0.0202. The number of halogens is 2. The summed E-state index contributed by atoms with van der Waals surface area (Å²) in [5.41, 5.74) is -1.99. The molecular weight excluding hydrogens is 1200 g/mol. The maximum Gasteiger partial charge on any atom is 0.340 e. The molecule has 0 aromatic heterocycles. The van der Waals surface area contributed by atoms with Crippen molar-refractivity contribution in [2.45, 2.75) is 80.3 Å². The fourth-order valence-corrected chi connectivity index (χ4v) is 10.4. The molecule has 4 aromatic carbocycles. The van der Waals surface area contributed by atoms with Crippen LogP contribution in [0.1, 0.15) is 105 Å². The normalized spacial score (nSPS) is 13.8. The van der Waals surface area contributed by atoms with Gasteiger partial charge in [-0.1, -0.05) is 43.1 Å². The van der Waals surface area contributed by atoms with E-state index in [1.54, 1.807) is 45.9 Å². The molecule has 0 N–H and O–H groups in total. The van der Waals surface area contributed by atoms with E-state index in [4.69, 9.17) is 89.5 Å². The van der Waals surface area contributed by atoms with Crippen molar-refractivity contribution < 1.29 is 119 Å². The van der Waals surface area contributed by atoms with Gasteiger partial charge in [0.15, 0.2) is 22.8 Å². The van der Waals surface area contributed by atoms with Crippen LogP contribution in [0.4, 0.5) is 11.4 Å². The lowest BCUT2D eigenvalue weighted by atomic mass is 9.61. The van der Waals surface area contributed by atoms with Crippen LogP contribution in [0.25, 0.3) is 0 Å². The van der Waals surface area contributed by atoms with Crippen LogP contribution in [0, 0.1) is 13.8 Å². The van der Waals surface area contributed by atoms with Crippen LogP contribution < -0.4 is 33.5 Å². The number of carbonyl (C=O) groups is 11. The van der Waals surface area contributed by atoms with Gasteiger partial charge in [-0.25, -0.2) is 4.79 Å². The monoisotopic (exact) mass is 1250 g/mol. The lowest BCUT2D eigenvalue weighted by Crippen LogP contribution is -2.42. The van der Waals surface area contributed by atoms with Gasteiger partial charge >= 0.3 is 65.7 Å². The first-order valence-electron chi connectivity index (χ1n) is 26.1. The summed E-state index contributed by atoms with van der Waals surface area (Å²) in [5.74, 6) is -10.2. The van der Waals surface area contributed by atoms with Crippen molar-refractivity contribution in [3.8, 4) is 28.7 Å². The number of ether oxygens (including phenoxy) is 14. The number of hydrogen-bond donors (Lipinski definition) is 0. The first kappa shape index (κ1) is 66.8. The molecule has 27 nitrogen and oxygen atoms in total. The first-order valence-corrected chi connectivity index (χ1v) is 26.8. The average molecular weight is 1260 g/mol. The second-order valence-electron chi connectivity index (χ2n) is 19.6. The Balaban J connectivity index is 1.57. The molecule has 0 fully saturated rings. The summed E-state index contributed by atoms with van der Waals surface area (Å²) in [5, 5.41) is -0.268. The van der Waals surface area contributed by atoms with E-state index >= 15 is 0 Å². The van der Waals surface area contributed by atoms with E-state index in [0.717, 1.165) is 39.5 Å². The van der Waals surface area contributed by atoms with Crippen molar-refractivity contribution in [2.24, 2.45) is 0 Å². The molecule has 0 bridgehead atoms. The Bertz CT molecular complexity index is 3370. The van der Waals surface area contributed by atoms with E-state index in [2.05, 4.69) is 0 Å². The van der Waals surface area contributed by atoms with Gasteiger partial charge in [-0.3, -0.25) is 47.9 Å². The van der Waals surface area contributed by atoms with E-state index in [1.807, 2.05) is 0 Å². The molecular formula is C58H60Cl2N2O25. The standard InChI is InChI=1S/C58H60Cl2N2O25/c1-29-12-13-41(61(21-46(69)81-25-77-31(3)63)22-47(70)82-26-78-32(4)64)43(16-29)75-14-15-76-44-19-38-37(18-42(44)62(23-48(71)83-27-79-33(5)65)24-49(72)84-28-80-34(6)66)56(73)87-58(38)39-17-30(2)54(85-35(7)67)52(59)50(39)57(9,10)51-40(58)20-45(74-11)55(53(51)60)86-36(8)68/h12-13,16-20H,14-15,21-28H2,1-11H3. The molecule has 0 saturated heterocycles. The number of anilines is 2. The highest BCUT2D eigenvalue weighted by atomic mass is 35.5. The molecule has 6 rings (SSSR count). The smallest absolute Gasteiger partial charge is 0.340 e. The van der Waals surface area contributed by atoms with Gasteiger partial charge in [0.2, 0.25) is 27.2 Å². The summed E-state index contributed by atoms with van der Waals surface area (Å²) in [6.45, 7) is 6.42. The van der Waals surface area contributed by atoms with Gasteiger partial charge in [-0.15, -0.1) is 0 Å². The second-order valence-corrected chi connectivity index (χ2v) is 20.4. The summed E-state index contributed by atoms with van der Waals surface area (Å²) < 4.78 is 76.0. The molecule has 0 amide bonds. The Kier molecular flexibility index (Phi) is 22.0. The third-order valence-electron chi connectivity index (χ3n) is 12.9. The van der Waals surface area contributed by atoms with Crippen LogP contribution in [0.15, 0.2) is 42.5 Å². The molecule has 4 aromatic rings. The van der Waals surface area contributed by atoms with Crippen molar-refractivity contribution in [3.63, 3.8) is 0 Å². The summed E-state index contributed by atoms with van der Waals surface area (Å²) in [6.07, 6.45) is 0. The summed E-state index contributed by atoms with van der Waals surface area (Å²) in [7, 11) is 1.28. The molecule has 1 heterocycles. The Hall–Kier alpha value is -9.37. The molecule has 466 valence electrons. The Morgan fingerprint density at radius 3 is 1.33 bits per heavy atom. The van der Waals surface area contributed by atoms with Gasteiger partial charge < -0.3 is 76.1 Å². The van der Waals surface area contributed by atoms with Crippen molar-refractivity contribution in [1.29, 1.82) is 0 Å². The number of hydrogen-bond acceptors (Lipinski definition) is 27. The highest BCUT2D eigenvalue weighted by Crippen LogP contribution is 2.63. The van der Waals surface area contributed by atoms with Gasteiger partial charge in [0, 0.05) is 63.6 Å². The molecule has 1 spiro atoms. The number of esters is 11. The zero-order valence-corrected chi connectivity index (χ0v) is 50.5. The molecule has 0 radical (unpaired) electrons. The quantitative estimate of drug-likeness (QED) is 0.0232. The Morgan fingerprint density at radius 2 is 0.897 bits per heavy atom. The fraction of sp³-hybridized carbons (Fsp3) is 0.397. The number of carbonyl (C=O) groups excluding carboxylic acids is 11. The summed E-state index contributed by atoms with van der Waals surface area (Å²) in [6, 6.07) is 10.4. The van der Waals surface area contributed by atoms with E-state index in [9.17, 15) is 52.7 Å². The number of aryl methyl sites for hydroxylation is 2. The number of fused-ring (bicyclic) bond motifs is 6. The predicted molar refractivity (Wildman–Crippen MR) is 298 cm³/mol. The number of benzene rings is 4. The highest BCUT2D eigenvalue weighted by molar-refractivity contribution is 6.35. The van der Waals surface area contributed by atoms with Crippen molar-refractivity contribution in [2.75, 3.05) is 83.5 Å². The van der Waals surface area contributed by atoms with Gasteiger partial charge in [0.25, 0.3) is 0 Å². The largest absolute Gasteiger partial charge is 0.493 e. The summed E-state index contributed by atoms with van der Waals surface area (Å²) in [4.78, 5) is 142. The van der Waals surface area contributed by atoms with E-state index in [-0.39, 0.29) is 90.2 Å². The van der Waals surface area contributed by atoms with Crippen LogP contribution in [0.5, 0.6) is 28.7 Å². The van der Waals surface area contributed by atoms with Gasteiger partial charge in [0.1, 0.15) is 50.9 Å². The van der Waals surface area contributed by atoms with Crippen LogP contribution >= 0.6 is 23.2 Å².